The van der Waals surface area contributed by atoms with Gasteiger partial charge in [-0.2, -0.15) is 0 Å². The molecule has 118 valence electrons. The second-order valence-electron chi connectivity index (χ2n) is 5.88. The van der Waals surface area contributed by atoms with E-state index in [0.29, 0.717) is 24.7 Å². The van der Waals surface area contributed by atoms with E-state index in [9.17, 15) is 4.79 Å². The number of hydrogen-bond donors (Lipinski definition) is 2. The Morgan fingerprint density at radius 1 is 1.52 bits per heavy atom. The Hall–Kier alpha value is -0.810. The number of amides is 1. The lowest BCUT2D eigenvalue weighted by atomic mass is 9.90. The predicted molar refractivity (Wildman–Crippen MR) is 88.8 cm³/mol. The second kappa shape index (κ2) is 7.99. The Labute approximate surface area is 137 Å². The molecule has 1 aliphatic rings. The average Bonchev–Trinajstić information content (AvgIpc) is 2.79. The third-order valence-corrected chi connectivity index (χ3v) is 4.11. The molecule has 6 heteroatoms. The Morgan fingerprint density at radius 3 is 2.90 bits per heavy atom. The summed E-state index contributed by atoms with van der Waals surface area (Å²) in [6.07, 6.45) is 1.06. The lowest BCUT2D eigenvalue weighted by Crippen LogP contribution is -2.38. The number of carbonyl (C=O) groups excluding carboxylic acids is 1. The van der Waals surface area contributed by atoms with Gasteiger partial charge in [-0.05, 0) is 42.6 Å². The molecule has 1 atom stereocenters. The molecular formula is C15H23Cl2N3O. The van der Waals surface area contributed by atoms with Crippen molar-refractivity contribution < 1.29 is 4.79 Å². The zero-order valence-electron chi connectivity index (χ0n) is 12.3. The van der Waals surface area contributed by atoms with Gasteiger partial charge in [0.25, 0.3) is 0 Å². The van der Waals surface area contributed by atoms with E-state index >= 15 is 0 Å². The number of nitrogens with zero attached hydrogens (tertiary/aromatic N) is 1. The highest BCUT2D eigenvalue weighted by Gasteiger charge is 2.32. The predicted octanol–water partition coefficient (Wildman–Crippen LogP) is 2.05. The molecular weight excluding hydrogens is 309 g/mol. The fourth-order valence-electron chi connectivity index (χ4n) is 2.53. The SMILES string of the molecule is CC1(CN)CCN(CC(=O)NCc2cccc(Cl)c2)C1.Cl. The van der Waals surface area contributed by atoms with Crippen LogP contribution in [0.4, 0.5) is 0 Å². The number of benzene rings is 1. The maximum Gasteiger partial charge on any atom is 0.234 e. The molecule has 1 heterocycles. The van der Waals surface area contributed by atoms with E-state index in [0.717, 1.165) is 25.1 Å². The van der Waals surface area contributed by atoms with Crippen molar-refractivity contribution in [3.63, 3.8) is 0 Å². The van der Waals surface area contributed by atoms with Crippen LogP contribution < -0.4 is 11.1 Å². The van der Waals surface area contributed by atoms with Crippen LogP contribution in [0.3, 0.4) is 0 Å². The van der Waals surface area contributed by atoms with Crippen LogP contribution in [-0.2, 0) is 11.3 Å². The van der Waals surface area contributed by atoms with E-state index < -0.39 is 0 Å². The van der Waals surface area contributed by atoms with Crippen molar-refractivity contribution in [2.45, 2.75) is 19.9 Å². The van der Waals surface area contributed by atoms with Crippen LogP contribution in [0.2, 0.25) is 5.02 Å². The van der Waals surface area contributed by atoms with Crippen LogP contribution in [0.25, 0.3) is 0 Å². The molecule has 0 saturated carbocycles. The minimum atomic E-state index is 0. The summed E-state index contributed by atoms with van der Waals surface area (Å²) in [5.41, 5.74) is 6.94. The largest absolute Gasteiger partial charge is 0.351 e. The molecule has 1 fully saturated rings. The van der Waals surface area contributed by atoms with E-state index in [4.69, 9.17) is 17.3 Å². The summed E-state index contributed by atoms with van der Waals surface area (Å²) in [5.74, 6) is 0.0475. The van der Waals surface area contributed by atoms with Gasteiger partial charge in [0.2, 0.25) is 5.91 Å². The van der Waals surface area contributed by atoms with Gasteiger partial charge in [-0.3, -0.25) is 9.69 Å². The van der Waals surface area contributed by atoms with Crippen LogP contribution in [0.15, 0.2) is 24.3 Å². The van der Waals surface area contributed by atoms with E-state index in [-0.39, 0.29) is 23.7 Å². The summed E-state index contributed by atoms with van der Waals surface area (Å²) in [4.78, 5) is 14.1. The van der Waals surface area contributed by atoms with Crippen LogP contribution in [0.5, 0.6) is 0 Å². The molecule has 0 aliphatic carbocycles. The minimum Gasteiger partial charge on any atom is -0.351 e. The fraction of sp³-hybridized carbons (Fsp3) is 0.533. The van der Waals surface area contributed by atoms with Crippen LogP contribution in [0.1, 0.15) is 18.9 Å². The maximum atomic E-state index is 11.9. The lowest BCUT2D eigenvalue weighted by molar-refractivity contribution is -0.122. The van der Waals surface area contributed by atoms with Crippen LogP contribution in [0, 0.1) is 5.41 Å². The number of nitrogens with two attached hydrogens (primary N) is 1. The second-order valence-corrected chi connectivity index (χ2v) is 6.32. The van der Waals surface area contributed by atoms with Gasteiger partial charge in [-0.15, -0.1) is 12.4 Å². The summed E-state index contributed by atoms with van der Waals surface area (Å²) in [5, 5.41) is 3.62. The van der Waals surface area contributed by atoms with Crippen LogP contribution in [-0.4, -0.2) is 37.0 Å². The Bertz CT molecular complexity index is 484. The monoisotopic (exact) mass is 331 g/mol. The molecule has 1 unspecified atom stereocenters. The third kappa shape index (κ3) is 5.47. The van der Waals surface area contributed by atoms with Crippen molar-refractivity contribution in [1.29, 1.82) is 0 Å². The van der Waals surface area contributed by atoms with Gasteiger partial charge in [0, 0.05) is 18.1 Å². The first-order chi connectivity index (χ1) is 9.50. The molecule has 2 rings (SSSR count). The number of nitrogens with one attached hydrogen (secondary N) is 1. The van der Waals surface area contributed by atoms with Gasteiger partial charge >= 0.3 is 0 Å². The van der Waals surface area contributed by atoms with Gasteiger partial charge in [0.1, 0.15) is 0 Å². The molecule has 0 bridgehead atoms. The van der Waals surface area contributed by atoms with Crippen LogP contribution >= 0.6 is 24.0 Å². The van der Waals surface area contributed by atoms with Crippen molar-refractivity contribution in [3.8, 4) is 0 Å². The topological polar surface area (TPSA) is 58.4 Å². The highest BCUT2D eigenvalue weighted by atomic mass is 35.5. The van der Waals surface area contributed by atoms with Crippen molar-refractivity contribution in [2.75, 3.05) is 26.2 Å². The zero-order chi connectivity index (χ0) is 14.6. The summed E-state index contributed by atoms with van der Waals surface area (Å²) in [7, 11) is 0. The molecule has 1 amide bonds. The highest BCUT2D eigenvalue weighted by molar-refractivity contribution is 6.30. The zero-order valence-corrected chi connectivity index (χ0v) is 13.8. The van der Waals surface area contributed by atoms with Crippen molar-refractivity contribution in [3.05, 3.63) is 34.9 Å². The van der Waals surface area contributed by atoms with Crippen molar-refractivity contribution in [1.82, 2.24) is 10.2 Å². The standard InChI is InChI=1S/C15H22ClN3O.ClH/c1-15(10-17)5-6-19(11-15)9-14(20)18-8-12-3-2-4-13(16)7-12;/h2-4,7H,5-6,8-11,17H2,1H3,(H,18,20);1H. The maximum absolute atomic E-state index is 11.9. The Morgan fingerprint density at radius 2 is 2.29 bits per heavy atom. The minimum absolute atomic E-state index is 0. The normalized spacial score (nSPS) is 21.9. The number of halogens is 2. The molecule has 21 heavy (non-hydrogen) atoms. The van der Waals surface area contributed by atoms with Gasteiger partial charge in [0.05, 0.1) is 6.54 Å². The average molecular weight is 332 g/mol. The number of likely N-dealkylation sites (tertiary alicyclic amines) is 1. The fourth-order valence-corrected chi connectivity index (χ4v) is 2.75. The summed E-state index contributed by atoms with van der Waals surface area (Å²) >= 11 is 5.91. The van der Waals surface area contributed by atoms with Gasteiger partial charge in [-0.1, -0.05) is 30.7 Å². The summed E-state index contributed by atoms with van der Waals surface area (Å²) in [6, 6.07) is 7.53. The summed E-state index contributed by atoms with van der Waals surface area (Å²) in [6.45, 7) is 5.65. The quantitative estimate of drug-likeness (QED) is 0.868. The molecule has 1 saturated heterocycles. The molecule has 0 aromatic heterocycles. The molecule has 1 aromatic carbocycles. The number of hydrogen-bond acceptors (Lipinski definition) is 3. The molecule has 0 spiro atoms. The molecule has 3 N–H and O–H groups in total. The number of carbonyl (C=O) groups is 1. The van der Waals surface area contributed by atoms with Gasteiger partial charge in [-0.25, -0.2) is 0 Å². The van der Waals surface area contributed by atoms with Gasteiger partial charge < -0.3 is 11.1 Å². The van der Waals surface area contributed by atoms with E-state index in [2.05, 4.69) is 17.1 Å². The first-order valence-corrected chi connectivity index (χ1v) is 7.32. The first-order valence-electron chi connectivity index (χ1n) is 6.94. The molecule has 1 aliphatic heterocycles. The van der Waals surface area contributed by atoms with E-state index in [1.54, 1.807) is 0 Å². The number of rotatable bonds is 5. The summed E-state index contributed by atoms with van der Waals surface area (Å²) < 4.78 is 0. The Kier molecular flexibility index (Phi) is 6.94. The van der Waals surface area contributed by atoms with Gasteiger partial charge in [0.15, 0.2) is 0 Å². The van der Waals surface area contributed by atoms with E-state index in [1.165, 1.54) is 0 Å². The van der Waals surface area contributed by atoms with Crippen molar-refractivity contribution >= 4 is 29.9 Å². The first kappa shape index (κ1) is 18.2. The van der Waals surface area contributed by atoms with Crippen molar-refractivity contribution in [2.24, 2.45) is 11.1 Å². The smallest absolute Gasteiger partial charge is 0.234 e. The highest BCUT2D eigenvalue weighted by Crippen LogP contribution is 2.27. The Balaban J connectivity index is 0.00000220. The third-order valence-electron chi connectivity index (χ3n) is 3.88. The molecule has 4 nitrogen and oxygen atoms in total. The van der Waals surface area contributed by atoms with E-state index in [1.807, 2.05) is 24.3 Å². The molecule has 1 aromatic rings. The molecule has 0 radical (unpaired) electrons. The lowest BCUT2D eigenvalue weighted by Gasteiger charge is -2.22.